The molecule has 0 saturated heterocycles. The second-order valence-electron chi connectivity index (χ2n) is 4.52. The first-order chi connectivity index (χ1) is 9.47. The number of aromatic carboxylic acids is 1. The predicted octanol–water partition coefficient (Wildman–Crippen LogP) is 1.91. The van der Waals surface area contributed by atoms with Gasteiger partial charge in [0.25, 0.3) is 0 Å². The Morgan fingerprint density at radius 2 is 1.90 bits per heavy atom. The first-order valence-electron chi connectivity index (χ1n) is 6.11. The SMILES string of the molecule is Cc1n[nH]c(C)c1CC(=O)Nc1ccc(C(=O)O)cc1. The number of carboxylic acids is 1. The number of rotatable bonds is 4. The number of anilines is 1. The Labute approximate surface area is 115 Å². The maximum absolute atomic E-state index is 11.9. The number of aromatic nitrogens is 2. The average Bonchev–Trinajstić information content (AvgIpc) is 2.71. The summed E-state index contributed by atoms with van der Waals surface area (Å²) in [5, 5.41) is 18.4. The molecule has 2 rings (SSSR count). The van der Waals surface area contributed by atoms with Crippen molar-refractivity contribution in [1.29, 1.82) is 0 Å². The highest BCUT2D eigenvalue weighted by molar-refractivity contribution is 5.93. The minimum absolute atomic E-state index is 0.166. The highest BCUT2D eigenvalue weighted by Gasteiger charge is 2.11. The van der Waals surface area contributed by atoms with Crippen molar-refractivity contribution in [2.45, 2.75) is 20.3 Å². The first-order valence-corrected chi connectivity index (χ1v) is 6.11. The van der Waals surface area contributed by atoms with Crippen LogP contribution < -0.4 is 5.32 Å². The highest BCUT2D eigenvalue weighted by atomic mass is 16.4. The van der Waals surface area contributed by atoms with E-state index in [0.29, 0.717) is 5.69 Å². The lowest BCUT2D eigenvalue weighted by Crippen LogP contribution is -2.15. The van der Waals surface area contributed by atoms with Gasteiger partial charge in [0.05, 0.1) is 17.7 Å². The summed E-state index contributed by atoms with van der Waals surface area (Å²) in [4.78, 5) is 22.7. The molecule has 0 bridgehead atoms. The van der Waals surface area contributed by atoms with Crippen LogP contribution >= 0.6 is 0 Å². The molecule has 3 N–H and O–H groups in total. The second-order valence-corrected chi connectivity index (χ2v) is 4.52. The van der Waals surface area contributed by atoms with Crippen LogP contribution in [0.5, 0.6) is 0 Å². The molecule has 104 valence electrons. The lowest BCUT2D eigenvalue weighted by molar-refractivity contribution is -0.115. The topological polar surface area (TPSA) is 95.1 Å². The Balaban J connectivity index is 2.03. The van der Waals surface area contributed by atoms with Crippen LogP contribution in [0.3, 0.4) is 0 Å². The van der Waals surface area contributed by atoms with E-state index in [0.717, 1.165) is 17.0 Å². The fourth-order valence-corrected chi connectivity index (χ4v) is 1.90. The smallest absolute Gasteiger partial charge is 0.335 e. The number of carbonyl (C=O) groups is 2. The van der Waals surface area contributed by atoms with Crippen molar-refractivity contribution in [2.75, 3.05) is 5.32 Å². The maximum Gasteiger partial charge on any atom is 0.335 e. The zero-order valence-corrected chi connectivity index (χ0v) is 11.2. The number of aromatic amines is 1. The monoisotopic (exact) mass is 273 g/mol. The van der Waals surface area contributed by atoms with Gasteiger partial charge >= 0.3 is 5.97 Å². The molecule has 0 aliphatic rings. The summed E-state index contributed by atoms with van der Waals surface area (Å²) in [6.45, 7) is 3.71. The van der Waals surface area contributed by atoms with Crippen LogP contribution in [0.25, 0.3) is 0 Å². The van der Waals surface area contributed by atoms with E-state index in [4.69, 9.17) is 5.11 Å². The van der Waals surface area contributed by atoms with Crippen molar-refractivity contribution < 1.29 is 14.7 Å². The minimum Gasteiger partial charge on any atom is -0.478 e. The molecule has 0 fully saturated rings. The summed E-state index contributed by atoms with van der Waals surface area (Å²) < 4.78 is 0. The number of amides is 1. The normalized spacial score (nSPS) is 10.3. The summed E-state index contributed by atoms with van der Waals surface area (Å²) in [5.41, 5.74) is 3.31. The molecule has 6 heteroatoms. The van der Waals surface area contributed by atoms with E-state index in [2.05, 4.69) is 15.5 Å². The molecule has 0 spiro atoms. The lowest BCUT2D eigenvalue weighted by Gasteiger charge is -2.06. The third kappa shape index (κ3) is 3.03. The van der Waals surface area contributed by atoms with Gasteiger partial charge in [0.15, 0.2) is 0 Å². The van der Waals surface area contributed by atoms with Crippen LogP contribution in [0.4, 0.5) is 5.69 Å². The summed E-state index contributed by atoms with van der Waals surface area (Å²) in [7, 11) is 0. The van der Waals surface area contributed by atoms with Crippen LogP contribution in [0.2, 0.25) is 0 Å². The van der Waals surface area contributed by atoms with Crippen molar-refractivity contribution in [2.24, 2.45) is 0 Å². The first kappa shape index (κ1) is 13.8. The van der Waals surface area contributed by atoms with Crippen LogP contribution in [-0.2, 0) is 11.2 Å². The fraction of sp³-hybridized carbons (Fsp3) is 0.214. The third-order valence-corrected chi connectivity index (χ3v) is 3.03. The summed E-state index contributed by atoms with van der Waals surface area (Å²) >= 11 is 0. The number of carbonyl (C=O) groups excluding carboxylic acids is 1. The quantitative estimate of drug-likeness (QED) is 0.793. The molecule has 0 unspecified atom stereocenters. The van der Waals surface area contributed by atoms with Crippen molar-refractivity contribution in [3.63, 3.8) is 0 Å². The minimum atomic E-state index is -0.993. The molecule has 1 heterocycles. The van der Waals surface area contributed by atoms with Crippen molar-refractivity contribution in [3.8, 4) is 0 Å². The van der Waals surface area contributed by atoms with Gasteiger partial charge in [-0.15, -0.1) is 0 Å². The molecule has 0 saturated carbocycles. The van der Waals surface area contributed by atoms with Crippen LogP contribution in [0.1, 0.15) is 27.3 Å². The second kappa shape index (κ2) is 5.56. The van der Waals surface area contributed by atoms with E-state index in [1.165, 1.54) is 12.1 Å². The molecule has 0 aliphatic carbocycles. The highest BCUT2D eigenvalue weighted by Crippen LogP contribution is 2.13. The van der Waals surface area contributed by atoms with Crippen molar-refractivity contribution in [1.82, 2.24) is 10.2 Å². The molecule has 0 aliphatic heterocycles. The van der Waals surface area contributed by atoms with Gasteiger partial charge in [-0.2, -0.15) is 5.10 Å². The maximum atomic E-state index is 11.9. The number of aryl methyl sites for hydroxylation is 2. The van der Waals surface area contributed by atoms with Gasteiger partial charge in [0.2, 0.25) is 5.91 Å². The molecule has 0 atom stereocenters. The van der Waals surface area contributed by atoms with E-state index < -0.39 is 5.97 Å². The van der Waals surface area contributed by atoms with E-state index in [9.17, 15) is 9.59 Å². The van der Waals surface area contributed by atoms with Gasteiger partial charge in [-0.25, -0.2) is 4.79 Å². The summed E-state index contributed by atoms with van der Waals surface area (Å²) in [6, 6.07) is 6.03. The Bertz CT molecular complexity index is 625. The van der Waals surface area contributed by atoms with E-state index >= 15 is 0 Å². The standard InChI is InChI=1S/C14H15N3O3/c1-8-12(9(2)17-16-8)7-13(18)15-11-5-3-10(4-6-11)14(19)20/h3-6H,7H2,1-2H3,(H,15,18)(H,16,17)(H,19,20). The zero-order chi connectivity index (χ0) is 14.7. The Morgan fingerprint density at radius 3 is 2.40 bits per heavy atom. The van der Waals surface area contributed by atoms with Crippen molar-refractivity contribution in [3.05, 3.63) is 46.8 Å². The zero-order valence-electron chi connectivity index (χ0n) is 11.2. The molecule has 6 nitrogen and oxygen atoms in total. The number of benzene rings is 1. The molecule has 1 aromatic carbocycles. The largest absolute Gasteiger partial charge is 0.478 e. The summed E-state index contributed by atoms with van der Waals surface area (Å²) in [6.07, 6.45) is 0.231. The molecule has 0 radical (unpaired) electrons. The van der Waals surface area contributed by atoms with E-state index in [1.807, 2.05) is 13.8 Å². The fourth-order valence-electron chi connectivity index (χ4n) is 1.90. The predicted molar refractivity (Wildman–Crippen MR) is 73.8 cm³/mol. The van der Waals surface area contributed by atoms with Gasteiger partial charge in [-0.3, -0.25) is 9.89 Å². The van der Waals surface area contributed by atoms with Crippen LogP contribution in [-0.4, -0.2) is 27.2 Å². The van der Waals surface area contributed by atoms with Crippen LogP contribution in [0.15, 0.2) is 24.3 Å². The lowest BCUT2D eigenvalue weighted by atomic mass is 10.1. The number of nitrogens with one attached hydrogen (secondary N) is 2. The molecule has 1 aromatic heterocycles. The number of hydrogen-bond donors (Lipinski definition) is 3. The molecule has 1 amide bonds. The molecule has 2 aromatic rings. The Kier molecular flexibility index (Phi) is 3.84. The number of nitrogens with zero attached hydrogens (tertiary/aromatic N) is 1. The molecular formula is C14H15N3O3. The Morgan fingerprint density at radius 1 is 1.25 bits per heavy atom. The van der Waals surface area contributed by atoms with Gasteiger partial charge in [-0.05, 0) is 38.1 Å². The van der Waals surface area contributed by atoms with Gasteiger partial charge < -0.3 is 10.4 Å². The number of hydrogen-bond acceptors (Lipinski definition) is 3. The van der Waals surface area contributed by atoms with Gasteiger partial charge in [-0.1, -0.05) is 0 Å². The van der Waals surface area contributed by atoms with Crippen molar-refractivity contribution >= 4 is 17.6 Å². The van der Waals surface area contributed by atoms with E-state index in [-0.39, 0.29) is 17.9 Å². The molecule has 20 heavy (non-hydrogen) atoms. The summed E-state index contributed by atoms with van der Waals surface area (Å²) in [5.74, 6) is -1.16. The van der Waals surface area contributed by atoms with Crippen LogP contribution in [0, 0.1) is 13.8 Å². The average molecular weight is 273 g/mol. The number of carboxylic acid groups (broad SMARTS) is 1. The Hall–Kier alpha value is -2.63. The van der Waals surface area contributed by atoms with Gasteiger partial charge in [0, 0.05) is 16.9 Å². The number of H-pyrrole nitrogens is 1. The van der Waals surface area contributed by atoms with E-state index in [1.54, 1.807) is 12.1 Å². The van der Waals surface area contributed by atoms with Gasteiger partial charge in [0.1, 0.15) is 0 Å². The third-order valence-electron chi connectivity index (χ3n) is 3.03. The molecular weight excluding hydrogens is 258 g/mol.